The van der Waals surface area contributed by atoms with Crippen LogP contribution in [0.2, 0.25) is 0 Å². The molecule has 3 N–H and O–H groups in total. The molecular weight excluding hydrogens is 248 g/mol. The summed E-state index contributed by atoms with van der Waals surface area (Å²) in [5.74, 6) is 0.570. The first kappa shape index (κ1) is 13.9. The van der Waals surface area contributed by atoms with Crippen molar-refractivity contribution in [2.75, 3.05) is 11.1 Å². The lowest BCUT2D eigenvalue weighted by atomic mass is 9.86. The minimum atomic E-state index is 0.0188. The molecule has 102 valence electrons. The number of nitrogens with two attached hydrogens (primary N) is 1. The molecule has 4 nitrogen and oxygen atoms in total. The summed E-state index contributed by atoms with van der Waals surface area (Å²) in [5, 5.41) is 12.1. The Morgan fingerprint density at radius 2 is 1.95 bits per heavy atom. The lowest BCUT2D eigenvalue weighted by Crippen LogP contribution is -2.14. The normalized spacial score (nSPS) is 10.9. The molecule has 0 spiro atoms. The molecule has 0 saturated heterocycles. The van der Waals surface area contributed by atoms with E-state index in [4.69, 9.17) is 11.0 Å². The standard InChI is InChI=1S/C16H18N4/c1-16(2,3)12-6-4-5-7-14(12)20-15-13(18)8-11(9-17)10-19-15/h4-8,10H,18H2,1-3H3,(H,19,20). The highest BCUT2D eigenvalue weighted by molar-refractivity contribution is 5.71. The zero-order valence-corrected chi connectivity index (χ0v) is 11.9. The van der Waals surface area contributed by atoms with Gasteiger partial charge in [-0.15, -0.1) is 0 Å². The SMILES string of the molecule is CC(C)(C)c1ccccc1Nc1ncc(C#N)cc1N. The van der Waals surface area contributed by atoms with E-state index in [1.807, 2.05) is 24.3 Å². The molecule has 0 radical (unpaired) electrons. The summed E-state index contributed by atoms with van der Waals surface area (Å²) in [6, 6.07) is 11.7. The third kappa shape index (κ3) is 2.89. The van der Waals surface area contributed by atoms with Crippen LogP contribution < -0.4 is 11.1 Å². The topological polar surface area (TPSA) is 74.7 Å². The van der Waals surface area contributed by atoms with Crippen LogP contribution in [0, 0.1) is 11.3 Å². The van der Waals surface area contributed by atoms with Crippen LogP contribution in [-0.2, 0) is 5.41 Å². The Bertz CT molecular complexity index is 663. The van der Waals surface area contributed by atoms with Crippen molar-refractivity contribution in [3.63, 3.8) is 0 Å². The average molecular weight is 266 g/mol. The Morgan fingerprint density at radius 1 is 1.25 bits per heavy atom. The summed E-state index contributed by atoms with van der Waals surface area (Å²) >= 11 is 0. The highest BCUT2D eigenvalue weighted by Crippen LogP contribution is 2.32. The largest absolute Gasteiger partial charge is 0.396 e. The Labute approximate surface area is 119 Å². The van der Waals surface area contributed by atoms with Crippen LogP contribution in [0.25, 0.3) is 0 Å². The fourth-order valence-corrected chi connectivity index (χ4v) is 2.02. The van der Waals surface area contributed by atoms with E-state index < -0.39 is 0 Å². The van der Waals surface area contributed by atoms with Gasteiger partial charge in [0.05, 0.1) is 11.3 Å². The predicted octanol–water partition coefficient (Wildman–Crippen LogP) is 3.58. The molecule has 2 rings (SSSR count). The van der Waals surface area contributed by atoms with Crippen molar-refractivity contribution in [1.82, 2.24) is 4.98 Å². The van der Waals surface area contributed by atoms with Gasteiger partial charge in [-0.3, -0.25) is 0 Å². The smallest absolute Gasteiger partial charge is 0.153 e. The van der Waals surface area contributed by atoms with E-state index in [1.54, 1.807) is 6.07 Å². The number of nitrogens with zero attached hydrogens (tertiary/aromatic N) is 2. The molecule has 0 unspecified atom stereocenters. The number of anilines is 3. The number of pyridine rings is 1. The molecule has 20 heavy (non-hydrogen) atoms. The van der Waals surface area contributed by atoms with E-state index in [0.29, 0.717) is 17.1 Å². The molecule has 0 fully saturated rings. The van der Waals surface area contributed by atoms with E-state index >= 15 is 0 Å². The van der Waals surface area contributed by atoms with Gasteiger partial charge < -0.3 is 11.1 Å². The summed E-state index contributed by atoms with van der Waals surface area (Å²) in [6.07, 6.45) is 1.51. The van der Waals surface area contributed by atoms with Gasteiger partial charge in [-0.25, -0.2) is 4.98 Å². The van der Waals surface area contributed by atoms with Gasteiger partial charge in [0.25, 0.3) is 0 Å². The Balaban J connectivity index is 2.39. The van der Waals surface area contributed by atoms with Crippen LogP contribution in [0.15, 0.2) is 36.5 Å². The van der Waals surface area contributed by atoms with E-state index in [-0.39, 0.29) is 5.41 Å². The van der Waals surface area contributed by atoms with Gasteiger partial charge in [0.1, 0.15) is 6.07 Å². The van der Waals surface area contributed by atoms with Gasteiger partial charge in [-0.1, -0.05) is 39.0 Å². The number of nitrogen functional groups attached to an aromatic ring is 1. The monoisotopic (exact) mass is 266 g/mol. The summed E-state index contributed by atoms with van der Waals surface area (Å²) in [4.78, 5) is 4.21. The molecule has 0 amide bonds. The van der Waals surface area contributed by atoms with Gasteiger partial charge in [0.15, 0.2) is 5.82 Å². The maximum Gasteiger partial charge on any atom is 0.153 e. The Kier molecular flexibility index (Phi) is 3.62. The summed E-state index contributed by atoms with van der Waals surface area (Å²) < 4.78 is 0. The molecule has 0 aliphatic rings. The lowest BCUT2D eigenvalue weighted by Gasteiger charge is -2.23. The molecule has 0 aliphatic carbocycles. The quantitative estimate of drug-likeness (QED) is 0.871. The van der Waals surface area contributed by atoms with Crippen molar-refractivity contribution in [1.29, 1.82) is 5.26 Å². The second-order valence-corrected chi connectivity index (χ2v) is 5.69. The third-order valence-corrected chi connectivity index (χ3v) is 3.03. The zero-order valence-electron chi connectivity index (χ0n) is 11.9. The van der Waals surface area contributed by atoms with Gasteiger partial charge >= 0.3 is 0 Å². The van der Waals surface area contributed by atoms with E-state index in [0.717, 1.165) is 5.69 Å². The number of para-hydroxylation sites is 1. The van der Waals surface area contributed by atoms with Crippen LogP contribution in [0.4, 0.5) is 17.2 Å². The van der Waals surface area contributed by atoms with E-state index in [1.165, 1.54) is 11.8 Å². The fraction of sp³-hybridized carbons (Fsp3) is 0.250. The van der Waals surface area contributed by atoms with Crippen LogP contribution in [-0.4, -0.2) is 4.98 Å². The van der Waals surface area contributed by atoms with Crippen LogP contribution in [0.5, 0.6) is 0 Å². The Hall–Kier alpha value is -2.54. The third-order valence-electron chi connectivity index (χ3n) is 3.03. The first-order valence-electron chi connectivity index (χ1n) is 6.44. The Morgan fingerprint density at radius 3 is 2.55 bits per heavy atom. The summed E-state index contributed by atoms with van der Waals surface area (Å²) in [5.41, 5.74) is 9.03. The van der Waals surface area contributed by atoms with E-state index in [9.17, 15) is 0 Å². The van der Waals surface area contributed by atoms with Crippen molar-refractivity contribution in [3.05, 3.63) is 47.7 Å². The number of rotatable bonds is 2. The number of nitriles is 1. The zero-order chi connectivity index (χ0) is 14.8. The molecule has 0 bridgehead atoms. The van der Waals surface area contributed by atoms with Crippen molar-refractivity contribution >= 4 is 17.2 Å². The first-order valence-corrected chi connectivity index (χ1v) is 6.44. The summed E-state index contributed by atoms with van der Waals surface area (Å²) in [6.45, 7) is 6.47. The van der Waals surface area contributed by atoms with Gasteiger partial charge in [0, 0.05) is 11.9 Å². The molecule has 1 aromatic carbocycles. The van der Waals surface area contributed by atoms with Crippen molar-refractivity contribution in [3.8, 4) is 6.07 Å². The molecule has 0 atom stereocenters. The number of nitrogens with one attached hydrogen (secondary N) is 1. The predicted molar refractivity (Wildman–Crippen MR) is 81.8 cm³/mol. The number of hydrogen-bond acceptors (Lipinski definition) is 4. The summed E-state index contributed by atoms with van der Waals surface area (Å²) in [7, 11) is 0. The second kappa shape index (κ2) is 5.22. The molecule has 1 aromatic heterocycles. The van der Waals surface area contributed by atoms with E-state index in [2.05, 4.69) is 37.1 Å². The van der Waals surface area contributed by atoms with Crippen LogP contribution in [0.3, 0.4) is 0 Å². The van der Waals surface area contributed by atoms with Gasteiger partial charge in [0.2, 0.25) is 0 Å². The van der Waals surface area contributed by atoms with Crippen LogP contribution in [0.1, 0.15) is 31.9 Å². The minimum Gasteiger partial charge on any atom is -0.396 e. The number of hydrogen-bond donors (Lipinski definition) is 2. The van der Waals surface area contributed by atoms with Gasteiger partial charge in [-0.05, 0) is 23.1 Å². The van der Waals surface area contributed by atoms with Crippen molar-refractivity contribution in [2.24, 2.45) is 0 Å². The highest BCUT2D eigenvalue weighted by Gasteiger charge is 2.18. The molecular formula is C16H18N4. The van der Waals surface area contributed by atoms with Crippen molar-refractivity contribution in [2.45, 2.75) is 26.2 Å². The maximum absolute atomic E-state index is 8.83. The minimum absolute atomic E-state index is 0.0188. The highest BCUT2D eigenvalue weighted by atomic mass is 15.0. The molecule has 0 saturated carbocycles. The maximum atomic E-state index is 8.83. The number of aromatic nitrogens is 1. The second-order valence-electron chi connectivity index (χ2n) is 5.69. The van der Waals surface area contributed by atoms with Gasteiger partial charge in [-0.2, -0.15) is 5.26 Å². The lowest BCUT2D eigenvalue weighted by molar-refractivity contribution is 0.592. The number of benzene rings is 1. The molecule has 1 heterocycles. The van der Waals surface area contributed by atoms with Crippen LogP contribution >= 0.6 is 0 Å². The van der Waals surface area contributed by atoms with Crippen molar-refractivity contribution < 1.29 is 0 Å². The molecule has 0 aliphatic heterocycles. The average Bonchev–Trinajstić information content (AvgIpc) is 2.40. The molecule has 4 heteroatoms. The fourth-order valence-electron chi connectivity index (χ4n) is 2.02. The first-order chi connectivity index (χ1) is 9.41. The molecule has 2 aromatic rings.